The standard InChI is InChI=1S/C11H24O4S.K/c1-3-11(16(13,14)15)9-7-5-4-6-8-10(2)12;/h10-12H,3-9H2,1-2H3,(H,13,14,15);/q;+1/p-1. The van der Waals surface area contributed by atoms with Gasteiger partial charge in [0, 0.05) is 5.25 Å². The van der Waals surface area contributed by atoms with Gasteiger partial charge in [0.1, 0.15) is 0 Å². The van der Waals surface area contributed by atoms with E-state index in [0.717, 1.165) is 32.1 Å². The average molecular weight is 290 g/mol. The van der Waals surface area contributed by atoms with Gasteiger partial charge in [-0.3, -0.25) is 0 Å². The molecular weight excluding hydrogens is 267 g/mol. The molecular formula is C11H23KO4S. The Bertz CT molecular complexity index is 265. The fraction of sp³-hybridized carbons (Fsp3) is 1.00. The molecule has 6 heteroatoms. The number of hydrogen-bond donors (Lipinski definition) is 1. The Morgan fingerprint density at radius 3 is 1.94 bits per heavy atom. The zero-order chi connectivity index (χ0) is 12.6. The van der Waals surface area contributed by atoms with Crippen molar-refractivity contribution in [2.24, 2.45) is 0 Å². The van der Waals surface area contributed by atoms with Crippen molar-refractivity contribution < 1.29 is 69.5 Å². The number of unbranched alkanes of at least 4 members (excludes halogenated alkanes) is 3. The van der Waals surface area contributed by atoms with E-state index in [4.69, 9.17) is 5.11 Å². The second kappa shape index (κ2) is 11.3. The monoisotopic (exact) mass is 290 g/mol. The molecule has 0 radical (unpaired) electrons. The summed E-state index contributed by atoms with van der Waals surface area (Å²) in [5.74, 6) is 0. The maximum absolute atomic E-state index is 10.8. The predicted molar refractivity (Wildman–Crippen MR) is 63.2 cm³/mol. The zero-order valence-corrected chi connectivity index (χ0v) is 15.1. The SMILES string of the molecule is CCC(CCCCCCC(C)O)S(=O)(=O)[O-].[K+]. The summed E-state index contributed by atoms with van der Waals surface area (Å²) >= 11 is 0. The molecule has 0 heterocycles. The topological polar surface area (TPSA) is 77.4 Å². The summed E-state index contributed by atoms with van der Waals surface area (Å²) in [5.41, 5.74) is 0. The summed E-state index contributed by atoms with van der Waals surface area (Å²) in [5, 5.41) is 8.30. The summed E-state index contributed by atoms with van der Waals surface area (Å²) in [6, 6.07) is 0. The van der Waals surface area contributed by atoms with Crippen LogP contribution in [-0.4, -0.2) is 29.4 Å². The van der Waals surface area contributed by atoms with E-state index < -0.39 is 15.4 Å². The van der Waals surface area contributed by atoms with Crippen LogP contribution < -0.4 is 51.4 Å². The van der Waals surface area contributed by atoms with Crippen LogP contribution in [0.15, 0.2) is 0 Å². The van der Waals surface area contributed by atoms with Crippen LogP contribution in [0.2, 0.25) is 0 Å². The minimum absolute atomic E-state index is 0. The van der Waals surface area contributed by atoms with E-state index in [1.165, 1.54) is 0 Å². The van der Waals surface area contributed by atoms with Crippen molar-refractivity contribution in [2.45, 2.75) is 70.1 Å². The Kier molecular flexibility index (Phi) is 13.9. The van der Waals surface area contributed by atoms with Crippen LogP contribution in [0.1, 0.15) is 58.8 Å². The Balaban J connectivity index is 0. The molecule has 0 saturated carbocycles. The van der Waals surface area contributed by atoms with Crippen LogP contribution in [0, 0.1) is 0 Å². The van der Waals surface area contributed by atoms with Gasteiger partial charge in [-0.25, -0.2) is 8.42 Å². The third-order valence-corrected chi connectivity index (χ3v) is 4.15. The van der Waals surface area contributed by atoms with E-state index in [2.05, 4.69) is 0 Å². The minimum Gasteiger partial charge on any atom is -0.748 e. The van der Waals surface area contributed by atoms with E-state index in [1.807, 2.05) is 0 Å². The smallest absolute Gasteiger partial charge is 0.748 e. The van der Waals surface area contributed by atoms with Crippen molar-refractivity contribution in [3.8, 4) is 0 Å². The number of aliphatic hydroxyl groups excluding tert-OH is 1. The van der Waals surface area contributed by atoms with Gasteiger partial charge in [-0.15, -0.1) is 0 Å². The maximum Gasteiger partial charge on any atom is 1.00 e. The molecule has 0 aliphatic carbocycles. The summed E-state index contributed by atoms with van der Waals surface area (Å²) in [4.78, 5) is 0. The molecule has 0 spiro atoms. The Hall–Kier alpha value is 1.51. The Labute approximate surface area is 148 Å². The molecule has 0 aromatic carbocycles. The van der Waals surface area contributed by atoms with Crippen molar-refractivity contribution in [3.05, 3.63) is 0 Å². The van der Waals surface area contributed by atoms with E-state index >= 15 is 0 Å². The number of hydrogen-bond acceptors (Lipinski definition) is 4. The first-order valence-electron chi connectivity index (χ1n) is 6.00. The molecule has 0 aliphatic heterocycles. The first kappa shape index (κ1) is 20.8. The normalized spacial score (nSPS) is 15.1. The Morgan fingerprint density at radius 1 is 1.12 bits per heavy atom. The third-order valence-electron chi connectivity index (χ3n) is 2.76. The van der Waals surface area contributed by atoms with Crippen molar-refractivity contribution in [3.63, 3.8) is 0 Å². The minimum atomic E-state index is -4.11. The van der Waals surface area contributed by atoms with Crippen LogP contribution in [-0.2, 0) is 10.1 Å². The van der Waals surface area contributed by atoms with Gasteiger partial charge in [0.05, 0.1) is 16.2 Å². The van der Waals surface area contributed by atoms with Crippen LogP contribution in [0.4, 0.5) is 0 Å². The first-order valence-corrected chi connectivity index (χ1v) is 7.47. The largest absolute Gasteiger partial charge is 1.00 e. The molecule has 2 unspecified atom stereocenters. The first-order chi connectivity index (χ1) is 7.38. The zero-order valence-electron chi connectivity index (χ0n) is 11.2. The molecule has 0 aromatic heterocycles. The molecule has 98 valence electrons. The van der Waals surface area contributed by atoms with E-state index in [-0.39, 0.29) is 57.5 Å². The average Bonchev–Trinajstić information content (AvgIpc) is 2.14. The quantitative estimate of drug-likeness (QED) is 0.337. The van der Waals surface area contributed by atoms with E-state index in [0.29, 0.717) is 12.8 Å². The fourth-order valence-electron chi connectivity index (χ4n) is 1.72. The van der Waals surface area contributed by atoms with Gasteiger partial charge < -0.3 is 9.66 Å². The molecule has 2 atom stereocenters. The van der Waals surface area contributed by atoms with Crippen LogP contribution in [0.25, 0.3) is 0 Å². The predicted octanol–water partition coefficient (Wildman–Crippen LogP) is -0.964. The fourth-order valence-corrected chi connectivity index (χ4v) is 2.58. The second-order valence-corrected chi connectivity index (χ2v) is 6.02. The summed E-state index contributed by atoms with van der Waals surface area (Å²) in [6.07, 6.45) is 5.05. The summed E-state index contributed by atoms with van der Waals surface area (Å²) in [6.45, 7) is 3.49. The van der Waals surface area contributed by atoms with Gasteiger partial charge in [0.25, 0.3) is 0 Å². The van der Waals surface area contributed by atoms with Gasteiger partial charge in [0.15, 0.2) is 0 Å². The van der Waals surface area contributed by atoms with Crippen LogP contribution in [0.3, 0.4) is 0 Å². The molecule has 0 aromatic rings. The summed E-state index contributed by atoms with van der Waals surface area (Å²) in [7, 11) is -4.11. The third kappa shape index (κ3) is 12.3. The number of rotatable bonds is 9. The molecule has 0 aliphatic rings. The van der Waals surface area contributed by atoms with Gasteiger partial charge >= 0.3 is 51.4 Å². The molecule has 0 amide bonds. The van der Waals surface area contributed by atoms with Gasteiger partial charge in [-0.05, 0) is 26.2 Å². The van der Waals surface area contributed by atoms with Gasteiger partial charge in [0.2, 0.25) is 0 Å². The van der Waals surface area contributed by atoms with Crippen molar-refractivity contribution in [1.82, 2.24) is 0 Å². The summed E-state index contributed by atoms with van der Waals surface area (Å²) < 4.78 is 32.3. The number of aliphatic hydroxyl groups is 1. The molecule has 1 N–H and O–H groups in total. The molecule has 4 nitrogen and oxygen atoms in total. The van der Waals surface area contributed by atoms with Crippen molar-refractivity contribution in [2.75, 3.05) is 0 Å². The molecule has 0 bridgehead atoms. The Morgan fingerprint density at radius 2 is 1.59 bits per heavy atom. The van der Waals surface area contributed by atoms with Gasteiger partial charge in [-0.2, -0.15) is 0 Å². The van der Waals surface area contributed by atoms with Crippen molar-refractivity contribution >= 4 is 10.1 Å². The van der Waals surface area contributed by atoms with E-state index in [9.17, 15) is 13.0 Å². The van der Waals surface area contributed by atoms with Crippen molar-refractivity contribution in [1.29, 1.82) is 0 Å². The molecule has 0 saturated heterocycles. The molecule has 17 heavy (non-hydrogen) atoms. The molecule has 0 fully saturated rings. The second-order valence-electron chi connectivity index (χ2n) is 4.36. The maximum atomic E-state index is 10.8. The molecule has 0 rings (SSSR count). The van der Waals surface area contributed by atoms with Gasteiger partial charge in [-0.1, -0.05) is 32.6 Å². The van der Waals surface area contributed by atoms with Crippen LogP contribution in [0.5, 0.6) is 0 Å². The van der Waals surface area contributed by atoms with Crippen LogP contribution >= 0.6 is 0 Å². The van der Waals surface area contributed by atoms with E-state index in [1.54, 1.807) is 13.8 Å².